The highest BCUT2D eigenvalue weighted by molar-refractivity contribution is 6.99. The fourth-order valence-electron chi connectivity index (χ4n) is 17.4. The molecule has 0 saturated heterocycles. The molecule has 13 aromatic carbocycles. The molecule has 0 N–H and O–H groups in total. The third-order valence-corrected chi connectivity index (χ3v) is 23.9. The molecule has 2 aliphatic rings. The van der Waals surface area contributed by atoms with E-state index in [0.717, 1.165) is 112 Å². The minimum atomic E-state index is -0.294. The van der Waals surface area contributed by atoms with E-state index in [1.807, 2.05) is 6.07 Å². The lowest BCUT2D eigenvalue weighted by molar-refractivity contribution is 0.487. The van der Waals surface area contributed by atoms with Gasteiger partial charge in [0.1, 0.15) is 74.3 Å². The zero-order valence-electron chi connectivity index (χ0n) is 64.2. The van der Waals surface area contributed by atoms with Crippen molar-refractivity contribution in [1.82, 2.24) is 9.13 Å². The van der Waals surface area contributed by atoms with Gasteiger partial charge >= 0.3 is 0 Å². The molecule has 0 unspecified atom stereocenters. The van der Waals surface area contributed by atoms with Crippen LogP contribution in [0, 0.1) is 11.3 Å². The Morgan fingerprint density at radius 2 is 0.877 bits per heavy atom. The van der Waals surface area contributed by atoms with Crippen LogP contribution in [0.15, 0.2) is 237 Å². The third kappa shape index (κ3) is 10.8. The first-order valence-corrected chi connectivity index (χ1v) is 37.6. The minimum absolute atomic E-state index is 0.0691. The molecule has 0 atom stereocenters. The number of aromatic nitrogens is 2. The molecule has 0 bridgehead atoms. The lowest BCUT2D eigenvalue weighted by Gasteiger charge is -2.41. The number of benzene rings is 13. The first-order valence-electron chi connectivity index (χ1n) is 37.6. The molecule has 15 aromatic rings. The van der Waals surface area contributed by atoms with Crippen molar-refractivity contribution in [2.45, 2.75) is 78.6 Å². The van der Waals surface area contributed by atoms with Gasteiger partial charge in [0, 0.05) is 73.0 Å². The van der Waals surface area contributed by atoms with Crippen LogP contribution in [0.5, 0.6) is 11.5 Å². The molecule has 0 radical (unpaired) electrons. The van der Waals surface area contributed by atoms with Crippen molar-refractivity contribution in [3.63, 3.8) is 0 Å². The van der Waals surface area contributed by atoms with Gasteiger partial charge in [-0.3, -0.25) is 0 Å². The highest BCUT2D eigenvalue weighted by Crippen LogP contribution is 2.52. The van der Waals surface area contributed by atoms with E-state index >= 15 is 0 Å². The molecule has 15 heteroatoms. The number of nitriles is 1. The third-order valence-electron chi connectivity index (χ3n) is 23.9. The average Bonchev–Trinajstić information content (AvgIpc) is 1.46. The van der Waals surface area contributed by atoms with Crippen molar-refractivity contribution in [3.8, 4) is 62.3 Å². The van der Waals surface area contributed by atoms with Gasteiger partial charge < -0.3 is 23.7 Å². The van der Waals surface area contributed by atoms with E-state index in [2.05, 4.69) is 381 Å². The molecular weight excluding hydrogens is 1280 g/mol. The van der Waals surface area contributed by atoms with Crippen LogP contribution in [-0.4, -0.2) is 78.6 Å². The molecule has 0 spiro atoms. The predicted molar refractivity (Wildman–Crippen MR) is 478 cm³/mol. The number of anilines is 6. The van der Waals surface area contributed by atoms with Crippen LogP contribution in [0.25, 0.3) is 88.4 Å². The van der Waals surface area contributed by atoms with Gasteiger partial charge in [-0.15, -0.1) is 10.9 Å². The number of hydrogen-bond donors (Lipinski definition) is 0. The summed E-state index contributed by atoms with van der Waals surface area (Å²) in [6.45, 7) is 20.5. The van der Waals surface area contributed by atoms with E-state index in [-0.39, 0.29) is 23.0 Å². The molecule has 17 rings (SSSR count). The van der Waals surface area contributed by atoms with E-state index in [4.69, 9.17) is 4.74 Å². The molecule has 4 heterocycles. The fraction of sp³-hybridized carbons (Fsp3) is 0.132. The second-order valence-corrected chi connectivity index (χ2v) is 33.1. The first-order chi connectivity index (χ1) is 50.8. The summed E-state index contributed by atoms with van der Waals surface area (Å²) < 4.78 is 13.0. The van der Waals surface area contributed by atoms with E-state index in [9.17, 15) is 5.26 Å². The van der Waals surface area contributed by atoms with Gasteiger partial charge in [0.05, 0.1) is 39.7 Å². The summed E-state index contributed by atoms with van der Waals surface area (Å²) in [6, 6.07) is 90.3. The molecule has 2 aliphatic heterocycles. The van der Waals surface area contributed by atoms with Crippen LogP contribution in [0.2, 0.25) is 0 Å². The standard InChI is InChI=1S/C91H82B9N5O/c1-89(2,3)54-30-38-69(62(44-54)52-23-15-11-16-24-52)105-72-47-58(103-70-39-31-55(90(4,5)6)45-63(70)64-46-56(91(7,8)9)32-40-71(64)103)33-35-65(72)100-66-36-34-59(104-87-76(78(92)80(94)82(96)84(87)98)77-79(93)81(95)83(97)85(99)88(77)104)48-74(66)106-75-43-53(42-73(105)86(75)100)61-41-50(49-101)29-37-68(61)102(57-25-17-12-18-26-57)67-28-20-19-27-60(67)51-21-13-10-14-22-51/h10-48H,92-99H2,1-9H3. The number of nitrogens with zero attached hydrogens (tertiary/aromatic N) is 5. The number of fused-ring (bicyclic) bond motifs is 10. The average molecular weight is 1360 g/mol. The van der Waals surface area contributed by atoms with Crippen molar-refractivity contribution in [2.24, 2.45) is 0 Å². The number of hydrogen-bond acceptors (Lipinski definition) is 4. The van der Waals surface area contributed by atoms with Gasteiger partial charge in [0.15, 0.2) is 0 Å². The largest absolute Gasteiger partial charge is 0.458 e. The summed E-state index contributed by atoms with van der Waals surface area (Å²) in [5.74, 6) is 1.55. The van der Waals surface area contributed by atoms with Crippen molar-refractivity contribution in [2.75, 3.05) is 9.80 Å². The predicted octanol–water partition coefficient (Wildman–Crippen LogP) is 8.59. The topological polar surface area (TPSA) is 49.4 Å². The molecule has 2 aromatic heterocycles. The van der Waals surface area contributed by atoms with Gasteiger partial charge in [0.2, 0.25) is 0 Å². The molecular formula is C91H82B9N5O. The van der Waals surface area contributed by atoms with Gasteiger partial charge in [0.25, 0.3) is 6.71 Å². The summed E-state index contributed by atoms with van der Waals surface area (Å²) >= 11 is 0. The van der Waals surface area contributed by atoms with Gasteiger partial charge in [-0.05, 0) is 180 Å². The molecule has 504 valence electrons. The van der Waals surface area contributed by atoms with E-state index < -0.39 is 0 Å². The Bertz CT molecular complexity index is 6110. The lowest BCUT2D eigenvalue weighted by Crippen LogP contribution is -2.59. The number of rotatable bonds is 9. The lowest BCUT2D eigenvalue weighted by atomic mass is 9.34. The van der Waals surface area contributed by atoms with Crippen LogP contribution >= 0.6 is 0 Å². The number of para-hydroxylation sites is 2. The van der Waals surface area contributed by atoms with Crippen LogP contribution < -0.4 is 74.6 Å². The monoisotopic (exact) mass is 1360 g/mol. The van der Waals surface area contributed by atoms with Crippen LogP contribution in [-0.2, 0) is 16.2 Å². The summed E-state index contributed by atoms with van der Waals surface area (Å²) in [5.41, 5.74) is 37.0. The summed E-state index contributed by atoms with van der Waals surface area (Å²) in [6.07, 6.45) is 0. The van der Waals surface area contributed by atoms with Gasteiger partial charge in [-0.2, -0.15) is 5.26 Å². The van der Waals surface area contributed by atoms with E-state index in [1.54, 1.807) is 0 Å². The Hall–Kier alpha value is -11.1. The van der Waals surface area contributed by atoms with Gasteiger partial charge in [-0.25, -0.2) is 0 Å². The zero-order valence-corrected chi connectivity index (χ0v) is 64.2. The van der Waals surface area contributed by atoms with Crippen LogP contribution in [0.3, 0.4) is 0 Å². The van der Waals surface area contributed by atoms with E-state index in [0.29, 0.717) is 5.56 Å². The first kappa shape index (κ1) is 68.1. The Morgan fingerprint density at radius 1 is 0.377 bits per heavy atom. The highest BCUT2D eigenvalue weighted by atomic mass is 16.5. The maximum Gasteiger partial charge on any atom is 0.256 e. The smallest absolute Gasteiger partial charge is 0.256 e. The van der Waals surface area contributed by atoms with E-state index in [1.165, 1.54) is 98.4 Å². The normalized spacial score (nSPS) is 12.7. The zero-order chi connectivity index (χ0) is 73.9. The molecule has 0 aliphatic carbocycles. The van der Waals surface area contributed by atoms with Crippen molar-refractivity contribution >= 4 is 207 Å². The summed E-state index contributed by atoms with van der Waals surface area (Å²) in [4.78, 5) is 4.94. The SMILES string of the molecule is Bc1c(B)c(B)c2c(c1B)c1c(B)c(B)c(B)c(B)c1n2-c1ccc2c(c1)Oc1cc(-c3cc(C#N)ccc3N(c3ccccc3)c3ccccc3-c3ccccc3)cc3c1B2c1ccc(-n2c4ccc(C(C)(C)C)cc4c4cc(C(C)(C)C)ccc42)cc1N3c1ccc(C(C)(C)C)cc1-c1ccccc1. The second-order valence-electron chi connectivity index (χ2n) is 33.1. The summed E-state index contributed by atoms with van der Waals surface area (Å²) in [7, 11) is 18.4. The molecule has 6 nitrogen and oxygen atoms in total. The molecule has 106 heavy (non-hydrogen) atoms. The quantitative estimate of drug-likeness (QED) is 0.136. The van der Waals surface area contributed by atoms with Crippen molar-refractivity contribution < 1.29 is 4.74 Å². The van der Waals surface area contributed by atoms with Crippen LogP contribution in [0.4, 0.5) is 34.1 Å². The Labute approximate surface area is 631 Å². The second kappa shape index (κ2) is 25.1. The van der Waals surface area contributed by atoms with Crippen molar-refractivity contribution in [3.05, 3.63) is 259 Å². The minimum Gasteiger partial charge on any atom is -0.458 e. The molecule has 0 amide bonds. The Morgan fingerprint density at radius 3 is 1.45 bits per heavy atom. The van der Waals surface area contributed by atoms with Crippen LogP contribution in [0.1, 0.15) is 84.6 Å². The fourth-order valence-corrected chi connectivity index (χ4v) is 17.4. The maximum absolute atomic E-state index is 11.2. The summed E-state index contributed by atoms with van der Waals surface area (Å²) in [5, 5.41) is 16.3. The van der Waals surface area contributed by atoms with Crippen molar-refractivity contribution in [1.29, 1.82) is 5.26 Å². The maximum atomic E-state index is 11.2. The Kier molecular flexibility index (Phi) is 16.1. The molecule has 0 fully saturated rings. The Balaban J connectivity index is 1.00. The highest BCUT2D eigenvalue weighted by Gasteiger charge is 2.44. The van der Waals surface area contributed by atoms with Gasteiger partial charge in [-0.1, -0.05) is 222 Å². The number of ether oxygens (including phenoxy) is 1. The molecule has 0 saturated carbocycles.